The largest absolute Gasteiger partial charge is 0.507 e. The first-order chi connectivity index (χ1) is 15.7. The maximum atomic E-state index is 13.0. The minimum absolute atomic E-state index is 0.0161. The fourth-order valence-electron chi connectivity index (χ4n) is 3.39. The number of halogens is 1. The van der Waals surface area contributed by atoms with Crippen LogP contribution in [0.3, 0.4) is 0 Å². The van der Waals surface area contributed by atoms with E-state index in [-0.39, 0.29) is 26.9 Å². The van der Waals surface area contributed by atoms with Crippen LogP contribution in [0.1, 0.15) is 36.0 Å². The Balaban J connectivity index is 1.68. The number of hydrogen-bond donors (Lipinski definition) is 2. The Morgan fingerprint density at radius 3 is 2.45 bits per heavy atom. The quantitative estimate of drug-likeness (QED) is 0.563. The van der Waals surface area contributed by atoms with E-state index in [0.29, 0.717) is 18.8 Å². The topological polar surface area (TPSA) is 122 Å². The van der Waals surface area contributed by atoms with Crippen LogP contribution in [0.15, 0.2) is 41.3 Å². The first-order valence-corrected chi connectivity index (χ1v) is 12.2. The second-order valence-corrected chi connectivity index (χ2v) is 9.81. The van der Waals surface area contributed by atoms with Crippen LogP contribution in [0.5, 0.6) is 11.5 Å². The molecule has 1 fully saturated rings. The van der Waals surface area contributed by atoms with Crippen LogP contribution < -0.4 is 10.1 Å². The molecular formula is C22H25ClN2O7S. The molecule has 1 aliphatic heterocycles. The lowest BCUT2D eigenvalue weighted by molar-refractivity contribution is -0.119. The number of amides is 1. The molecule has 0 saturated carbocycles. The summed E-state index contributed by atoms with van der Waals surface area (Å²) < 4.78 is 37.4. The van der Waals surface area contributed by atoms with Crippen molar-refractivity contribution < 1.29 is 32.6 Å². The van der Waals surface area contributed by atoms with Crippen molar-refractivity contribution in [1.29, 1.82) is 0 Å². The Bertz CT molecular complexity index is 1130. The van der Waals surface area contributed by atoms with Gasteiger partial charge >= 0.3 is 5.97 Å². The number of phenols is 1. The van der Waals surface area contributed by atoms with Gasteiger partial charge in [-0.25, -0.2) is 13.2 Å². The van der Waals surface area contributed by atoms with Gasteiger partial charge in [-0.1, -0.05) is 24.4 Å². The molecule has 0 radical (unpaired) electrons. The smallest absolute Gasteiger partial charge is 0.342 e. The van der Waals surface area contributed by atoms with E-state index in [0.717, 1.165) is 25.7 Å². The Kier molecular flexibility index (Phi) is 8.17. The summed E-state index contributed by atoms with van der Waals surface area (Å²) in [7, 11) is -2.33. The Labute approximate surface area is 197 Å². The molecule has 1 aliphatic rings. The second kappa shape index (κ2) is 10.9. The molecule has 11 heteroatoms. The molecule has 0 atom stereocenters. The van der Waals surface area contributed by atoms with Crippen LogP contribution in [0.25, 0.3) is 0 Å². The fraction of sp³-hybridized carbons (Fsp3) is 0.364. The third-order valence-electron chi connectivity index (χ3n) is 5.17. The maximum Gasteiger partial charge on any atom is 0.342 e. The van der Waals surface area contributed by atoms with Crippen molar-refractivity contribution in [3.05, 3.63) is 47.0 Å². The highest BCUT2D eigenvalue weighted by Crippen LogP contribution is 2.28. The standard InChI is InChI=1S/C22H25ClN2O7S/c1-31-15-6-9-20(26)17(12-15)22(28)32-14-21(27)24-19-13-16(7-8-18(19)23)33(29,30)25-10-4-2-3-5-11-25/h6-9,12-13,26H,2-5,10-11,14H2,1H3,(H,24,27). The molecule has 0 aliphatic carbocycles. The lowest BCUT2D eigenvalue weighted by atomic mass is 10.2. The normalized spacial score (nSPS) is 14.8. The van der Waals surface area contributed by atoms with Gasteiger partial charge in [0.25, 0.3) is 5.91 Å². The Morgan fingerprint density at radius 1 is 1.09 bits per heavy atom. The molecule has 0 unspecified atom stereocenters. The summed E-state index contributed by atoms with van der Waals surface area (Å²) in [4.78, 5) is 24.6. The van der Waals surface area contributed by atoms with Gasteiger partial charge in [0.2, 0.25) is 10.0 Å². The van der Waals surface area contributed by atoms with Gasteiger partial charge in [-0.15, -0.1) is 0 Å². The fourth-order valence-corrected chi connectivity index (χ4v) is 5.10. The number of nitrogens with zero attached hydrogens (tertiary/aromatic N) is 1. The summed E-state index contributed by atoms with van der Waals surface area (Å²) in [5, 5.41) is 12.4. The number of nitrogens with one attached hydrogen (secondary N) is 1. The monoisotopic (exact) mass is 496 g/mol. The van der Waals surface area contributed by atoms with Crippen LogP contribution in [-0.2, 0) is 19.6 Å². The first-order valence-electron chi connectivity index (χ1n) is 10.4. The van der Waals surface area contributed by atoms with E-state index in [9.17, 15) is 23.1 Å². The molecule has 9 nitrogen and oxygen atoms in total. The van der Waals surface area contributed by atoms with Crippen LogP contribution in [0, 0.1) is 0 Å². The number of esters is 1. The molecule has 2 aromatic carbocycles. The van der Waals surface area contributed by atoms with Crippen LogP contribution in [0.2, 0.25) is 5.02 Å². The average Bonchev–Trinajstić information content (AvgIpc) is 3.09. The highest BCUT2D eigenvalue weighted by Gasteiger charge is 2.26. The van der Waals surface area contributed by atoms with Crippen molar-refractivity contribution in [3.8, 4) is 11.5 Å². The molecule has 0 aromatic heterocycles. The molecule has 1 heterocycles. The molecule has 2 N–H and O–H groups in total. The number of methoxy groups -OCH3 is 1. The van der Waals surface area contributed by atoms with Crippen molar-refractivity contribution in [2.24, 2.45) is 0 Å². The van der Waals surface area contributed by atoms with Crippen LogP contribution >= 0.6 is 11.6 Å². The third-order valence-corrected chi connectivity index (χ3v) is 7.40. The van der Waals surface area contributed by atoms with Crippen LogP contribution in [-0.4, -0.2) is 56.5 Å². The van der Waals surface area contributed by atoms with E-state index >= 15 is 0 Å². The van der Waals surface area contributed by atoms with Gasteiger partial charge in [0.1, 0.15) is 17.1 Å². The van der Waals surface area contributed by atoms with E-state index in [2.05, 4.69) is 5.32 Å². The number of ether oxygens (including phenoxy) is 2. The highest BCUT2D eigenvalue weighted by molar-refractivity contribution is 7.89. The number of phenolic OH excluding ortho intramolecular Hbond substituents is 1. The molecule has 0 spiro atoms. The van der Waals surface area contributed by atoms with E-state index in [4.69, 9.17) is 21.1 Å². The zero-order valence-corrected chi connectivity index (χ0v) is 19.6. The number of rotatable bonds is 7. The highest BCUT2D eigenvalue weighted by atomic mass is 35.5. The minimum atomic E-state index is -3.74. The van der Waals surface area contributed by atoms with E-state index < -0.39 is 28.5 Å². The van der Waals surface area contributed by atoms with E-state index in [1.54, 1.807) is 0 Å². The molecular weight excluding hydrogens is 472 g/mol. The molecule has 1 saturated heterocycles. The Morgan fingerprint density at radius 2 is 1.79 bits per heavy atom. The number of anilines is 1. The van der Waals surface area contributed by atoms with Crippen molar-refractivity contribution >= 4 is 39.2 Å². The number of carbonyl (C=O) groups is 2. The number of carbonyl (C=O) groups excluding carboxylic acids is 2. The first kappa shape index (κ1) is 24.8. The van der Waals surface area contributed by atoms with Gasteiger partial charge in [-0.3, -0.25) is 4.79 Å². The minimum Gasteiger partial charge on any atom is -0.507 e. The molecule has 178 valence electrons. The lowest BCUT2D eigenvalue weighted by Crippen LogP contribution is -2.32. The predicted molar refractivity (Wildman–Crippen MR) is 122 cm³/mol. The molecule has 33 heavy (non-hydrogen) atoms. The van der Waals surface area contributed by atoms with Crippen molar-refractivity contribution in [1.82, 2.24) is 4.31 Å². The number of aromatic hydroxyl groups is 1. The van der Waals surface area contributed by atoms with Crippen molar-refractivity contribution in [2.75, 3.05) is 32.1 Å². The molecule has 0 bridgehead atoms. The summed E-state index contributed by atoms with van der Waals surface area (Å²) in [6.45, 7) is 0.217. The summed E-state index contributed by atoms with van der Waals surface area (Å²) in [6.07, 6.45) is 3.57. The third kappa shape index (κ3) is 6.16. The predicted octanol–water partition coefficient (Wildman–Crippen LogP) is 3.41. The van der Waals surface area contributed by atoms with Gasteiger partial charge in [-0.2, -0.15) is 4.31 Å². The van der Waals surface area contributed by atoms with E-state index in [1.807, 2.05) is 0 Å². The summed E-state index contributed by atoms with van der Waals surface area (Å²) in [5.41, 5.74) is -0.0800. The number of hydrogen-bond acceptors (Lipinski definition) is 7. The summed E-state index contributed by atoms with van der Waals surface area (Å²) in [6, 6.07) is 8.09. The summed E-state index contributed by atoms with van der Waals surface area (Å²) >= 11 is 6.14. The van der Waals surface area contributed by atoms with Crippen LogP contribution in [0.4, 0.5) is 5.69 Å². The van der Waals surface area contributed by atoms with Crippen molar-refractivity contribution in [3.63, 3.8) is 0 Å². The average molecular weight is 497 g/mol. The number of sulfonamides is 1. The van der Waals surface area contributed by atoms with Gasteiger partial charge < -0.3 is 19.9 Å². The molecule has 3 rings (SSSR count). The lowest BCUT2D eigenvalue weighted by Gasteiger charge is -2.20. The van der Waals surface area contributed by atoms with E-state index in [1.165, 1.54) is 47.8 Å². The van der Waals surface area contributed by atoms with Gasteiger partial charge in [0.05, 0.1) is 22.7 Å². The zero-order valence-electron chi connectivity index (χ0n) is 18.0. The molecule has 2 aromatic rings. The summed E-state index contributed by atoms with van der Waals surface area (Å²) in [5.74, 6) is -1.64. The second-order valence-electron chi connectivity index (χ2n) is 7.47. The van der Waals surface area contributed by atoms with Gasteiger partial charge in [0, 0.05) is 13.1 Å². The maximum absolute atomic E-state index is 13.0. The van der Waals surface area contributed by atoms with Gasteiger partial charge in [0.15, 0.2) is 6.61 Å². The molecule has 1 amide bonds. The SMILES string of the molecule is COc1ccc(O)c(C(=O)OCC(=O)Nc2cc(S(=O)(=O)N3CCCCCC3)ccc2Cl)c1. The number of benzene rings is 2. The van der Waals surface area contributed by atoms with Gasteiger partial charge in [-0.05, 0) is 49.2 Å². The van der Waals surface area contributed by atoms with Crippen molar-refractivity contribution in [2.45, 2.75) is 30.6 Å². The zero-order chi connectivity index (χ0) is 24.0. The Hall–Kier alpha value is -2.82.